The van der Waals surface area contributed by atoms with Gasteiger partial charge in [0.2, 0.25) is 0 Å². The van der Waals surface area contributed by atoms with Crippen LogP contribution >= 0.6 is 0 Å². The average Bonchev–Trinajstić information content (AvgIpc) is 2.33. The Kier molecular flexibility index (Phi) is 3.43. The molecule has 1 N–H and O–H groups in total. The number of aliphatic hydroxyl groups excluding tert-OH is 1. The number of rotatable bonds is 2. The minimum Gasteiger partial charge on any atom is -0.392 e. The molecule has 0 spiro atoms. The first kappa shape index (κ1) is 12.4. The lowest BCUT2D eigenvalue weighted by Crippen LogP contribution is -2.48. The first-order valence-electron chi connectivity index (χ1n) is 6.55. The van der Waals surface area contributed by atoms with Crippen molar-refractivity contribution in [3.05, 3.63) is 29.8 Å². The van der Waals surface area contributed by atoms with Crippen LogP contribution in [0.15, 0.2) is 24.3 Å². The van der Waals surface area contributed by atoms with Gasteiger partial charge in [-0.15, -0.1) is 0 Å². The second-order valence-electron chi connectivity index (χ2n) is 5.73. The molecular weight excluding hydrogens is 210 g/mol. The van der Waals surface area contributed by atoms with Gasteiger partial charge in [0, 0.05) is 24.2 Å². The van der Waals surface area contributed by atoms with E-state index in [2.05, 4.69) is 49.9 Å². The van der Waals surface area contributed by atoms with Crippen molar-refractivity contribution in [2.24, 2.45) is 5.41 Å². The maximum absolute atomic E-state index is 9.96. The molecule has 0 bridgehead atoms. The molecule has 1 aromatic carbocycles. The summed E-state index contributed by atoms with van der Waals surface area (Å²) in [5.41, 5.74) is 2.65. The summed E-state index contributed by atoms with van der Waals surface area (Å²) < 4.78 is 0. The molecule has 1 heterocycles. The zero-order chi connectivity index (χ0) is 12.5. The van der Waals surface area contributed by atoms with Crippen molar-refractivity contribution < 1.29 is 5.11 Å². The minimum absolute atomic E-state index is 0.0122. The van der Waals surface area contributed by atoms with Gasteiger partial charge in [-0.2, -0.15) is 0 Å². The first-order valence-corrected chi connectivity index (χ1v) is 6.55. The van der Waals surface area contributed by atoms with Crippen molar-refractivity contribution in [3.63, 3.8) is 0 Å². The second kappa shape index (κ2) is 4.69. The molecule has 1 saturated heterocycles. The largest absolute Gasteiger partial charge is 0.392 e. The van der Waals surface area contributed by atoms with Crippen LogP contribution in [0.2, 0.25) is 0 Å². The van der Waals surface area contributed by atoms with Gasteiger partial charge in [0.1, 0.15) is 0 Å². The number of aliphatic hydroxyl groups is 1. The van der Waals surface area contributed by atoms with E-state index in [1.807, 2.05) is 0 Å². The van der Waals surface area contributed by atoms with Gasteiger partial charge in [0.15, 0.2) is 0 Å². The van der Waals surface area contributed by atoms with Crippen molar-refractivity contribution in [1.29, 1.82) is 0 Å². The molecule has 1 fully saturated rings. The molecule has 0 radical (unpaired) electrons. The lowest BCUT2D eigenvalue weighted by molar-refractivity contribution is 0.0336. The predicted octanol–water partition coefficient (Wildman–Crippen LogP) is 2.85. The molecule has 1 aliphatic rings. The van der Waals surface area contributed by atoms with Gasteiger partial charge >= 0.3 is 0 Å². The maximum atomic E-state index is 9.96. The Balaban J connectivity index is 2.12. The third-order valence-electron chi connectivity index (χ3n) is 3.88. The molecular formula is C15H23NO. The number of piperidine rings is 1. The fraction of sp³-hybridized carbons (Fsp3) is 0.600. The number of anilines is 1. The van der Waals surface area contributed by atoms with E-state index in [0.717, 1.165) is 25.9 Å². The van der Waals surface area contributed by atoms with Crippen molar-refractivity contribution in [3.8, 4) is 0 Å². The van der Waals surface area contributed by atoms with E-state index in [1.165, 1.54) is 11.3 Å². The van der Waals surface area contributed by atoms with E-state index in [4.69, 9.17) is 0 Å². The third-order valence-corrected chi connectivity index (χ3v) is 3.88. The molecule has 0 amide bonds. The molecule has 2 heteroatoms. The van der Waals surface area contributed by atoms with E-state index in [0.29, 0.717) is 0 Å². The van der Waals surface area contributed by atoms with Crippen LogP contribution in [-0.4, -0.2) is 24.3 Å². The molecule has 0 aromatic heterocycles. The number of aryl methyl sites for hydroxylation is 1. The summed E-state index contributed by atoms with van der Waals surface area (Å²) in [6, 6.07) is 8.81. The molecule has 1 aromatic rings. The van der Waals surface area contributed by atoms with Gasteiger partial charge in [0.25, 0.3) is 0 Å². The Bertz CT molecular complexity index is 369. The van der Waals surface area contributed by atoms with Gasteiger partial charge in [-0.05, 0) is 30.5 Å². The number of hydrogen-bond acceptors (Lipinski definition) is 2. The summed E-state index contributed by atoms with van der Waals surface area (Å²) in [6.45, 7) is 8.35. The van der Waals surface area contributed by atoms with Crippen LogP contribution in [0, 0.1) is 5.41 Å². The van der Waals surface area contributed by atoms with Crippen molar-refractivity contribution >= 4 is 5.69 Å². The van der Waals surface area contributed by atoms with Gasteiger partial charge < -0.3 is 10.0 Å². The highest BCUT2D eigenvalue weighted by atomic mass is 16.3. The summed E-state index contributed by atoms with van der Waals surface area (Å²) >= 11 is 0. The fourth-order valence-corrected chi connectivity index (χ4v) is 2.51. The second-order valence-corrected chi connectivity index (χ2v) is 5.73. The Labute approximate surface area is 104 Å². The van der Waals surface area contributed by atoms with Crippen LogP contribution in [0.4, 0.5) is 5.69 Å². The summed E-state index contributed by atoms with van der Waals surface area (Å²) in [5.74, 6) is 0. The molecule has 1 atom stereocenters. The third kappa shape index (κ3) is 2.63. The summed E-state index contributed by atoms with van der Waals surface area (Å²) in [4.78, 5) is 2.38. The minimum atomic E-state index is -0.173. The lowest BCUT2D eigenvalue weighted by atomic mass is 9.81. The number of benzene rings is 1. The zero-order valence-electron chi connectivity index (χ0n) is 11.1. The van der Waals surface area contributed by atoms with Crippen LogP contribution in [-0.2, 0) is 6.42 Å². The first-order chi connectivity index (χ1) is 8.03. The standard InChI is InChI=1S/C15H23NO/c1-4-12-5-7-13(8-6-12)16-10-9-14(17)15(2,3)11-16/h5-8,14,17H,4,9-11H2,1-3H3. The summed E-state index contributed by atoms with van der Waals surface area (Å²) in [6.07, 6.45) is 1.78. The molecule has 94 valence electrons. The highest BCUT2D eigenvalue weighted by Crippen LogP contribution is 2.32. The number of hydrogen-bond donors (Lipinski definition) is 1. The normalized spacial score (nSPS) is 23.8. The summed E-state index contributed by atoms with van der Waals surface area (Å²) in [7, 11) is 0. The number of nitrogens with zero attached hydrogens (tertiary/aromatic N) is 1. The SMILES string of the molecule is CCc1ccc(N2CCC(O)C(C)(C)C2)cc1. The highest BCUT2D eigenvalue weighted by Gasteiger charge is 2.34. The van der Waals surface area contributed by atoms with Crippen LogP contribution in [0.25, 0.3) is 0 Å². The highest BCUT2D eigenvalue weighted by molar-refractivity contribution is 5.48. The van der Waals surface area contributed by atoms with Crippen molar-refractivity contribution in [2.75, 3.05) is 18.0 Å². The lowest BCUT2D eigenvalue weighted by Gasteiger charge is -2.43. The van der Waals surface area contributed by atoms with E-state index in [9.17, 15) is 5.11 Å². The topological polar surface area (TPSA) is 23.5 Å². The average molecular weight is 233 g/mol. The molecule has 2 nitrogen and oxygen atoms in total. The molecule has 2 rings (SSSR count). The van der Waals surface area contributed by atoms with Crippen molar-refractivity contribution in [1.82, 2.24) is 0 Å². The predicted molar refractivity (Wildman–Crippen MR) is 72.4 cm³/mol. The smallest absolute Gasteiger partial charge is 0.0624 e. The fourth-order valence-electron chi connectivity index (χ4n) is 2.51. The summed E-state index contributed by atoms with van der Waals surface area (Å²) in [5, 5.41) is 9.96. The van der Waals surface area contributed by atoms with Gasteiger partial charge in [-0.25, -0.2) is 0 Å². The van der Waals surface area contributed by atoms with E-state index in [1.54, 1.807) is 0 Å². The molecule has 1 unspecified atom stereocenters. The van der Waals surface area contributed by atoms with E-state index >= 15 is 0 Å². The molecule has 1 aliphatic heterocycles. The Morgan fingerprint density at radius 1 is 1.29 bits per heavy atom. The van der Waals surface area contributed by atoms with Gasteiger partial charge in [-0.3, -0.25) is 0 Å². The van der Waals surface area contributed by atoms with Gasteiger partial charge in [-0.1, -0.05) is 32.9 Å². The Hall–Kier alpha value is -1.02. The molecule has 17 heavy (non-hydrogen) atoms. The van der Waals surface area contributed by atoms with Gasteiger partial charge in [0.05, 0.1) is 6.10 Å². The quantitative estimate of drug-likeness (QED) is 0.849. The van der Waals surface area contributed by atoms with Crippen LogP contribution in [0.5, 0.6) is 0 Å². The van der Waals surface area contributed by atoms with E-state index < -0.39 is 0 Å². The Morgan fingerprint density at radius 3 is 2.47 bits per heavy atom. The van der Waals surface area contributed by atoms with Crippen LogP contribution in [0.1, 0.15) is 32.8 Å². The monoisotopic (exact) mass is 233 g/mol. The zero-order valence-corrected chi connectivity index (χ0v) is 11.1. The van der Waals surface area contributed by atoms with Crippen LogP contribution < -0.4 is 4.90 Å². The molecule has 0 saturated carbocycles. The van der Waals surface area contributed by atoms with Crippen molar-refractivity contribution in [2.45, 2.75) is 39.7 Å². The molecule has 0 aliphatic carbocycles. The van der Waals surface area contributed by atoms with E-state index in [-0.39, 0.29) is 11.5 Å². The maximum Gasteiger partial charge on any atom is 0.0624 e. The van der Waals surface area contributed by atoms with Crippen LogP contribution in [0.3, 0.4) is 0 Å². The Morgan fingerprint density at radius 2 is 1.94 bits per heavy atom.